The molecule has 5 nitrogen and oxygen atoms in total. The van der Waals surface area contributed by atoms with Crippen LogP contribution in [0, 0.1) is 5.92 Å². The molecule has 7 heteroatoms. The molecule has 0 aromatic rings. The fourth-order valence-corrected chi connectivity index (χ4v) is 18.9. The highest BCUT2D eigenvalue weighted by atomic mass is 28.4. The molecule has 0 bridgehead atoms. The van der Waals surface area contributed by atoms with Crippen LogP contribution in [-0.2, 0) is 23.1 Å². The molecule has 218 valence electrons. The number of rotatable bonds is 18. The normalized spacial score (nSPS) is 24.3. The van der Waals surface area contributed by atoms with Crippen LogP contribution in [-0.4, -0.2) is 47.7 Å². The van der Waals surface area contributed by atoms with E-state index in [0.29, 0.717) is 33.2 Å². The molecule has 0 amide bonds. The number of epoxide rings is 1. The van der Waals surface area contributed by atoms with E-state index in [9.17, 15) is 4.79 Å². The Balaban J connectivity index is 1.74. The van der Waals surface area contributed by atoms with Gasteiger partial charge in [0.15, 0.2) is 16.6 Å². The summed E-state index contributed by atoms with van der Waals surface area (Å²) in [5.41, 5.74) is 3.64. The van der Waals surface area contributed by atoms with Crippen LogP contribution in [0.4, 0.5) is 0 Å². The van der Waals surface area contributed by atoms with Crippen LogP contribution in [0.3, 0.4) is 0 Å². The summed E-state index contributed by atoms with van der Waals surface area (Å²) in [4.78, 5) is 12.3. The van der Waals surface area contributed by atoms with E-state index in [0.717, 1.165) is 51.7 Å². The van der Waals surface area contributed by atoms with Crippen LogP contribution in [0.1, 0.15) is 122 Å². The van der Waals surface area contributed by atoms with Gasteiger partial charge in [0.25, 0.3) is 5.79 Å². The predicted molar refractivity (Wildman–Crippen MR) is 159 cm³/mol. The van der Waals surface area contributed by atoms with Crippen LogP contribution in [0.2, 0.25) is 33.2 Å². The third kappa shape index (κ3) is 6.75. The number of hydrogen-bond donors (Lipinski definition) is 0. The van der Waals surface area contributed by atoms with E-state index in [1.165, 1.54) is 0 Å². The molecule has 0 saturated carbocycles. The molecule has 0 aliphatic carbocycles. The Morgan fingerprint density at radius 2 is 1.03 bits per heavy atom. The Labute approximate surface area is 231 Å². The van der Waals surface area contributed by atoms with Crippen molar-refractivity contribution in [2.75, 3.05) is 13.2 Å². The second-order valence-corrected chi connectivity index (χ2v) is 24.5. The van der Waals surface area contributed by atoms with Crippen LogP contribution >= 0.6 is 0 Å². The first-order chi connectivity index (χ1) is 17.2. The van der Waals surface area contributed by atoms with E-state index in [-0.39, 0.29) is 18.0 Å². The average molecular weight is 557 g/mol. The Morgan fingerprint density at radius 3 is 1.38 bits per heavy atom. The van der Waals surface area contributed by atoms with E-state index >= 15 is 0 Å². The fourth-order valence-electron chi connectivity index (χ4n) is 7.95. The van der Waals surface area contributed by atoms with Gasteiger partial charge in [0.1, 0.15) is 12.0 Å². The topological polar surface area (TPSA) is 57.3 Å². The summed E-state index contributed by atoms with van der Waals surface area (Å²) in [6.07, 6.45) is 5.92. The van der Waals surface area contributed by atoms with Gasteiger partial charge in [0, 0.05) is 13.2 Å². The van der Waals surface area contributed by atoms with Crippen molar-refractivity contribution in [3.05, 3.63) is 0 Å². The number of esters is 1. The van der Waals surface area contributed by atoms with Crippen LogP contribution in [0.15, 0.2) is 0 Å². The highest BCUT2D eigenvalue weighted by Gasteiger charge is 2.73. The molecule has 2 rings (SSSR count). The van der Waals surface area contributed by atoms with Gasteiger partial charge in [-0.1, -0.05) is 89.5 Å². The molecule has 2 aliphatic heterocycles. The Hall–Kier alpha value is -0.216. The lowest BCUT2D eigenvalue weighted by atomic mass is 9.87. The van der Waals surface area contributed by atoms with E-state index in [4.69, 9.17) is 18.3 Å². The zero-order chi connectivity index (χ0) is 28.2. The molecule has 2 fully saturated rings. The number of carbonyl (C=O) groups is 1. The zero-order valence-electron chi connectivity index (χ0n) is 26.3. The first-order valence-corrected chi connectivity index (χ1v) is 19.7. The Morgan fingerprint density at radius 1 is 0.649 bits per heavy atom. The summed E-state index contributed by atoms with van der Waals surface area (Å²) >= 11 is 0. The summed E-state index contributed by atoms with van der Waals surface area (Å²) < 4.78 is 24.9. The average Bonchev–Trinajstić information content (AvgIpc) is 3.49. The van der Waals surface area contributed by atoms with Crippen molar-refractivity contribution in [1.29, 1.82) is 0 Å². The SMILES string of the molecule is CC(C)[Si](OCCCC[C@@H]1O[C@]12OC(=O)[C@@H]2CCCCO[Si](C(C)C)(C(C)C)C(C)C)(C(C)C)C(C)C. The molecule has 3 atom stereocenters. The Kier molecular flexibility index (Phi) is 12.0. The van der Waals surface area contributed by atoms with Gasteiger partial charge in [0.2, 0.25) is 0 Å². The minimum atomic E-state index is -1.82. The minimum absolute atomic E-state index is 0.0663. The van der Waals surface area contributed by atoms with Crippen LogP contribution < -0.4 is 0 Å². The van der Waals surface area contributed by atoms with Crippen molar-refractivity contribution < 1.29 is 23.1 Å². The van der Waals surface area contributed by atoms with E-state index < -0.39 is 22.4 Å². The number of ether oxygens (including phenoxy) is 2. The monoisotopic (exact) mass is 556 g/mol. The molecule has 2 heterocycles. The van der Waals surface area contributed by atoms with Gasteiger partial charge in [-0.15, -0.1) is 0 Å². The molecule has 37 heavy (non-hydrogen) atoms. The molecular formula is C30H60O5Si2. The predicted octanol–water partition coefficient (Wildman–Crippen LogP) is 8.98. The standard InChI is InChI=1S/C30H60O5Si2/c1-21(2)36(22(3)4,23(5)6)32-19-15-13-17-27-29(31)35-30(27)28(34-30)18-14-16-20-33-37(24(7)8,25(9)10)26(11)12/h21-28H,13-20H2,1-12H3/t27-,28-,30+/m0/s1. The van der Waals surface area contributed by atoms with Crippen molar-refractivity contribution in [1.82, 2.24) is 0 Å². The third-order valence-electron chi connectivity index (χ3n) is 9.61. The number of unbranched alkanes of at least 4 members (excludes halogenated alkanes) is 2. The van der Waals surface area contributed by atoms with Gasteiger partial charge in [0.05, 0.1) is 0 Å². The van der Waals surface area contributed by atoms with Gasteiger partial charge in [-0.2, -0.15) is 0 Å². The first-order valence-electron chi connectivity index (χ1n) is 15.4. The maximum atomic E-state index is 12.3. The molecule has 0 aromatic heterocycles. The lowest BCUT2D eigenvalue weighted by Crippen LogP contribution is -2.50. The van der Waals surface area contributed by atoms with Gasteiger partial charge in [-0.3, -0.25) is 4.79 Å². The van der Waals surface area contributed by atoms with E-state index in [1.54, 1.807) is 0 Å². The van der Waals surface area contributed by atoms with E-state index in [1.807, 2.05) is 0 Å². The van der Waals surface area contributed by atoms with Crippen molar-refractivity contribution in [2.45, 2.75) is 167 Å². The second-order valence-electron chi connectivity index (χ2n) is 13.6. The lowest BCUT2D eigenvalue weighted by Gasteiger charge is -2.42. The molecular weight excluding hydrogens is 496 g/mol. The third-order valence-corrected chi connectivity index (χ3v) is 21.9. The quantitative estimate of drug-likeness (QED) is 0.0729. The maximum Gasteiger partial charge on any atom is 0.318 e. The summed E-state index contributed by atoms with van der Waals surface area (Å²) in [5.74, 6) is -0.792. The molecule has 0 unspecified atom stereocenters. The first kappa shape index (κ1) is 33.0. The molecule has 2 saturated heterocycles. The largest absolute Gasteiger partial charge is 0.429 e. The maximum absolute atomic E-state index is 12.3. The van der Waals surface area contributed by atoms with Crippen molar-refractivity contribution in [3.63, 3.8) is 0 Å². The summed E-state index contributed by atoms with van der Waals surface area (Å²) in [7, 11) is -3.61. The molecule has 1 spiro atoms. The van der Waals surface area contributed by atoms with Gasteiger partial charge in [-0.25, -0.2) is 0 Å². The van der Waals surface area contributed by atoms with Crippen LogP contribution in [0.25, 0.3) is 0 Å². The molecule has 0 N–H and O–H groups in total. The van der Waals surface area contributed by atoms with E-state index in [2.05, 4.69) is 83.1 Å². The van der Waals surface area contributed by atoms with Gasteiger partial charge < -0.3 is 18.3 Å². The molecule has 0 radical (unpaired) electrons. The summed E-state index contributed by atoms with van der Waals surface area (Å²) in [5, 5.41) is 0. The highest BCUT2D eigenvalue weighted by molar-refractivity contribution is 6.78. The fraction of sp³-hybridized carbons (Fsp3) is 0.967. The summed E-state index contributed by atoms with van der Waals surface area (Å²) in [6, 6.07) is 0. The van der Waals surface area contributed by atoms with Gasteiger partial charge in [-0.05, 0) is 65.4 Å². The highest BCUT2D eigenvalue weighted by Crippen LogP contribution is 2.55. The van der Waals surface area contributed by atoms with Crippen molar-refractivity contribution in [3.8, 4) is 0 Å². The van der Waals surface area contributed by atoms with Crippen molar-refractivity contribution in [2.24, 2.45) is 5.92 Å². The number of carbonyl (C=O) groups excluding carboxylic acids is 1. The van der Waals surface area contributed by atoms with Gasteiger partial charge >= 0.3 is 5.97 Å². The minimum Gasteiger partial charge on any atom is -0.429 e. The molecule has 0 aromatic carbocycles. The van der Waals surface area contributed by atoms with Crippen molar-refractivity contribution >= 4 is 22.6 Å². The second kappa shape index (κ2) is 13.4. The Bertz CT molecular complexity index is 677. The smallest absolute Gasteiger partial charge is 0.318 e. The van der Waals surface area contributed by atoms with Crippen LogP contribution in [0.5, 0.6) is 0 Å². The zero-order valence-corrected chi connectivity index (χ0v) is 28.3. The molecule has 2 aliphatic rings. The number of hydrogen-bond acceptors (Lipinski definition) is 5. The lowest BCUT2D eigenvalue weighted by molar-refractivity contribution is -0.211. The summed E-state index contributed by atoms with van der Waals surface area (Å²) in [6.45, 7) is 29.6.